The van der Waals surface area contributed by atoms with Crippen molar-refractivity contribution in [2.75, 3.05) is 4.72 Å². The fourth-order valence-electron chi connectivity index (χ4n) is 2.81. The first-order chi connectivity index (χ1) is 12.0. The van der Waals surface area contributed by atoms with Crippen LogP contribution in [0.5, 0.6) is 0 Å². The van der Waals surface area contributed by atoms with Crippen LogP contribution in [0.4, 0.5) is 5.69 Å². The number of hydrogen-bond acceptors (Lipinski definition) is 3. The lowest BCUT2D eigenvalue weighted by molar-refractivity contribution is 0.600. The second kappa shape index (κ2) is 6.10. The molecule has 0 unspecified atom stereocenters. The van der Waals surface area contributed by atoms with Crippen molar-refractivity contribution in [1.82, 2.24) is 0 Å². The van der Waals surface area contributed by atoms with Crippen molar-refractivity contribution >= 4 is 49.3 Å². The predicted molar refractivity (Wildman–Crippen MR) is 101 cm³/mol. The third-order valence-corrected chi connectivity index (χ3v) is 5.43. The van der Waals surface area contributed by atoms with E-state index in [1.54, 1.807) is 36.4 Å². The minimum absolute atomic E-state index is 0.123. The highest BCUT2D eigenvalue weighted by Gasteiger charge is 2.13. The van der Waals surface area contributed by atoms with Crippen molar-refractivity contribution < 1.29 is 12.8 Å². The number of nitrogens with one attached hydrogen (secondary N) is 1. The molecule has 0 aliphatic heterocycles. The third-order valence-electron chi connectivity index (χ3n) is 3.92. The van der Waals surface area contributed by atoms with E-state index in [9.17, 15) is 8.42 Å². The van der Waals surface area contributed by atoms with Crippen molar-refractivity contribution in [3.05, 3.63) is 77.3 Å². The van der Waals surface area contributed by atoms with Gasteiger partial charge in [-0.15, -0.1) is 0 Å². The molecule has 6 heteroatoms. The number of rotatable bonds is 4. The molecule has 0 bridgehead atoms. The molecule has 0 atom stereocenters. The summed E-state index contributed by atoms with van der Waals surface area (Å²) >= 11 is 5.83. The highest BCUT2D eigenvalue weighted by Crippen LogP contribution is 2.30. The molecule has 1 N–H and O–H groups in total. The highest BCUT2D eigenvalue weighted by molar-refractivity contribution is 7.91. The number of furan rings is 1. The van der Waals surface area contributed by atoms with Gasteiger partial charge in [-0.2, -0.15) is 0 Å². The summed E-state index contributed by atoms with van der Waals surface area (Å²) in [7, 11) is -3.53. The van der Waals surface area contributed by atoms with Gasteiger partial charge in [0.25, 0.3) is 0 Å². The maximum Gasteiger partial charge on any atom is 0.236 e. The van der Waals surface area contributed by atoms with E-state index < -0.39 is 10.0 Å². The Hall–Kier alpha value is -2.50. The lowest BCUT2D eigenvalue weighted by atomic mass is 10.1. The van der Waals surface area contributed by atoms with Gasteiger partial charge in [-0.1, -0.05) is 41.9 Å². The van der Waals surface area contributed by atoms with Gasteiger partial charge in [-0.3, -0.25) is 4.72 Å². The Morgan fingerprint density at radius 2 is 1.60 bits per heavy atom. The summed E-state index contributed by atoms with van der Waals surface area (Å²) in [6, 6.07) is 19.8. The number of benzene rings is 3. The summed E-state index contributed by atoms with van der Waals surface area (Å²) in [5, 5.41) is 2.54. The molecular weight excluding hydrogens is 358 g/mol. The summed E-state index contributed by atoms with van der Waals surface area (Å²) in [5.74, 6) is -0.123. The molecule has 0 aliphatic rings. The number of para-hydroxylation sites is 1. The third kappa shape index (κ3) is 3.34. The van der Waals surface area contributed by atoms with Crippen LogP contribution in [-0.2, 0) is 15.8 Å². The van der Waals surface area contributed by atoms with Crippen molar-refractivity contribution in [2.45, 2.75) is 5.75 Å². The van der Waals surface area contributed by atoms with Gasteiger partial charge in [-0.05, 0) is 35.9 Å². The lowest BCUT2D eigenvalue weighted by Crippen LogP contribution is -2.14. The Bertz CT molecular complexity index is 1160. The molecule has 0 radical (unpaired) electrons. The molecule has 1 aromatic heterocycles. The molecule has 0 saturated heterocycles. The Labute approximate surface area is 150 Å². The first kappa shape index (κ1) is 16.0. The van der Waals surface area contributed by atoms with Crippen LogP contribution in [-0.4, -0.2) is 8.42 Å². The van der Waals surface area contributed by atoms with Gasteiger partial charge in [0, 0.05) is 21.9 Å². The van der Waals surface area contributed by atoms with Gasteiger partial charge < -0.3 is 4.42 Å². The van der Waals surface area contributed by atoms with Crippen LogP contribution >= 0.6 is 11.6 Å². The largest absolute Gasteiger partial charge is 0.456 e. The summed E-state index contributed by atoms with van der Waals surface area (Å²) in [6.07, 6.45) is 0. The molecule has 0 spiro atoms. The van der Waals surface area contributed by atoms with Gasteiger partial charge >= 0.3 is 0 Å². The quantitative estimate of drug-likeness (QED) is 0.537. The van der Waals surface area contributed by atoms with E-state index in [2.05, 4.69) is 4.72 Å². The molecule has 126 valence electrons. The average Bonchev–Trinajstić information content (AvgIpc) is 2.94. The van der Waals surface area contributed by atoms with Crippen LogP contribution in [0.1, 0.15) is 5.56 Å². The minimum atomic E-state index is -3.53. The van der Waals surface area contributed by atoms with Gasteiger partial charge in [0.05, 0.1) is 11.4 Å². The smallest absolute Gasteiger partial charge is 0.236 e. The van der Waals surface area contributed by atoms with Gasteiger partial charge in [-0.25, -0.2) is 8.42 Å². The number of halogens is 1. The van der Waals surface area contributed by atoms with Crippen LogP contribution in [0, 0.1) is 0 Å². The Morgan fingerprint density at radius 1 is 0.880 bits per heavy atom. The summed E-state index contributed by atoms with van der Waals surface area (Å²) < 4.78 is 33.2. The van der Waals surface area contributed by atoms with E-state index in [1.807, 2.05) is 30.3 Å². The highest BCUT2D eigenvalue weighted by atomic mass is 35.5. The Kier molecular flexibility index (Phi) is 3.90. The zero-order chi connectivity index (χ0) is 17.4. The van der Waals surface area contributed by atoms with Crippen LogP contribution in [0.2, 0.25) is 5.02 Å². The molecule has 4 aromatic rings. The van der Waals surface area contributed by atoms with Crippen molar-refractivity contribution in [1.29, 1.82) is 0 Å². The number of fused-ring (bicyclic) bond motifs is 3. The van der Waals surface area contributed by atoms with Gasteiger partial charge in [0.2, 0.25) is 10.0 Å². The Balaban J connectivity index is 1.63. The predicted octanol–water partition coefficient (Wildman–Crippen LogP) is 5.18. The van der Waals surface area contributed by atoms with Crippen molar-refractivity contribution in [2.24, 2.45) is 0 Å². The van der Waals surface area contributed by atoms with E-state index in [4.69, 9.17) is 16.0 Å². The molecule has 0 saturated carbocycles. The topological polar surface area (TPSA) is 59.3 Å². The molecular formula is C19H14ClNO3S. The lowest BCUT2D eigenvalue weighted by Gasteiger charge is -2.08. The molecule has 0 amide bonds. The van der Waals surface area contributed by atoms with E-state index in [0.717, 1.165) is 16.4 Å². The Morgan fingerprint density at radius 3 is 2.40 bits per heavy atom. The maximum absolute atomic E-state index is 12.4. The van der Waals surface area contributed by atoms with Gasteiger partial charge in [0.1, 0.15) is 11.2 Å². The summed E-state index contributed by atoms with van der Waals surface area (Å²) in [5.41, 5.74) is 2.56. The molecule has 1 heterocycles. The monoisotopic (exact) mass is 371 g/mol. The van der Waals surface area contributed by atoms with Crippen LogP contribution < -0.4 is 4.72 Å². The van der Waals surface area contributed by atoms with Crippen LogP contribution in [0.15, 0.2) is 71.1 Å². The van der Waals surface area contributed by atoms with Crippen molar-refractivity contribution in [3.8, 4) is 0 Å². The summed E-state index contributed by atoms with van der Waals surface area (Å²) in [4.78, 5) is 0. The van der Waals surface area contributed by atoms with E-state index >= 15 is 0 Å². The van der Waals surface area contributed by atoms with E-state index in [1.165, 1.54) is 0 Å². The van der Waals surface area contributed by atoms with Crippen LogP contribution in [0.25, 0.3) is 21.9 Å². The second-order valence-electron chi connectivity index (χ2n) is 5.80. The molecule has 0 aliphatic carbocycles. The molecule has 4 nitrogen and oxygen atoms in total. The molecule has 3 aromatic carbocycles. The van der Waals surface area contributed by atoms with E-state index in [-0.39, 0.29) is 5.75 Å². The maximum atomic E-state index is 12.4. The normalized spacial score (nSPS) is 11.9. The van der Waals surface area contributed by atoms with Gasteiger partial charge in [0.15, 0.2) is 0 Å². The van der Waals surface area contributed by atoms with Crippen LogP contribution in [0.3, 0.4) is 0 Å². The summed E-state index contributed by atoms with van der Waals surface area (Å²) in [6.45, 7) is 0. The zero-order valence-electron chi connectivity index (χ0n) is 13.1. The standard InChI is InChI=1S/C19H14ClNO3S/c20-14-7-5-13(6-8-14)12-25(22,23)21-15-9-10-17-16-3-1-2-4-18(16)24-19(17)11-15/h1-11,21H,12H2. The fourth-order valence-corrected chi connectivity index (χ4v) is 4.12. The first-order valence-corrected chi connectivity index (χ1v) is 9.69. The molecule has 25 heavy (non-hydrogen) atoms. The average molecular weight is 372 g/mol. The second-order valence-corrected chi connectivity index (χ2v) is 7.96. The van der Waals surface area contributed by atoms with E-state index in [0.29, 0.717) is 21.9 Å². The molecule has 4 rings (SSSR count). The fraction of sp³-hybridized carbons (Fsp3) is 0.0526. The van der Waals surface area contributed by atoms with Crippen molar-refractivity contribution in [3.63, 3.8) is 0 Å². The first-order valence-electron chi connectivity index (χ1n) is 7.66. The number of anilines is 1. The zero-order valence-corrected chi connectivity index (χ0v) is 14.6. The SMILES string of the molecule is O=S(=O)(Cc1ccc(Cl)cc1)Nc1ccc2c(c1)oc1ccccc12. The number of hydrogen-bond donors (Lipinski definition) is 1. The minimum Gasteiger partial charge on any atom is -0.456 e. The molecule has 0 fully saturated rings. The number of sulfonamides is 1.